The number of carbonyl (C=O) groups is 2. The molecule has 66 heavy (non-hydrogen) atoms. The van der Waals surface area contributed by atoms with E-state index >= 15 is 0 Å². The standard InChI is InChI=1S/C26H33F2NO3.C25H31F2NO3.CO2/c1-18(13-20-14-21(27)16-22(28)15-20)24(31-17-19-9-6-5-7-10-19)23-11-8-12-29(23)25(30)32-26(2,3)4;1-25(2,3)31-24(29)28-13-7-10-22(28)23(30-17-18-8-5-4-6-9-18)12-11-19-14-20(26)16-21(27)15-19;2-1-3/h5-7,9-10,14-16,18,23-24H,8,11-13,17H2,1-4H3;4-6,8-9,14-16,22-23H,7,10-13,17H2,1-3H3;/t18-,23+,24-;22-,23+;/m01./s1. The van der Waals surface area contributed by atoms with E-state index in [1.165, 1.54) is 24.3 Å². The molecule has 0 unspecified atom stereocenters. The van der Waals surface area contributed by atoms with E-state index in [0.29, 0.717) is 56.7 Å². The summed E-state index contributed by atoms with van der Waals surface area (Å²) >= 11 is 0. The van der Waals surface area contributed by atoms with Gasteiger partial charge in [-0.2, -0.15) is 9.59 Å². The third-order valence-corrected chi connectivity index (χ3v) is 10.9. The van der Waals surface area contributed by atoms with Crippen LogP contribution in [-0.2, 0) is 54.6 Å². The van der Waals surface area contributed by atoms with E-state index in [1.807, 2.05) is 109 Å². The van der Waals surface area contributed by atoms with Crippen LogP contribution in [-0.4, -0.2) is 76.7 Å². The molecule has 0 aromatic heterocycles. The Hall–Kier alpha value is -5.56. The fraction of sp³-hybridized carbons (Fsp3) is 0.481. The normalized spacial score (nSPS) is 17.3. The highest BCUT2D eigenvalue weighted by Crippen LogP contribution is 2.31. The molecular weight excluding hydrogens is 857 g/mol. The van der Waals surface area contributed by atoms with Crippen LogP contribution in [0.5, 0.6) is 0 Å². The SMILES string of the molecule is CC(C)(C)OC(=O)N1CCC[C@@H]1[C@H](CCc1cc(F)cc(F)c1)OCc1ccccc1.C[C@@H](Cc1cc(F)cc(F)c1)[C@H](OCc1ccccc1)[C@H]1CCCN1C(=O)OC(C)(C)C.O=C=O. The molecule has 2 amide bonds. The van der Waals surface area contributed by atoms with Gasteiger partial charge in [-0.25, -0.2) is 27.2 Å². The number of likely N-dealkylation sites (tertiary alicyclic amines) is 2. The molecular formula is C52H64F4N2O8. The van der Waals surface area contributed by atoms with Gasteiger partial charge in [-0.3, -0.25) is 0 Å². The van der Waals surface area contributed by atoms with Crippen LogP contribution in [0.2, 0.25) is 0 Å². The van der Waals surface area contributed by atoms with Gasteiger partial charge in [0.2, 0.25) is 0 Å². The number of hydrogen-bond donors (Lipinski definition) is 0. The van der Waals surface area contributed by atoms with Crippen molar-refractivity contribution < 1.29 is 55.7 Å². The summed E-state index contributed by atoms with van der Waals surface area (Å²) in [6.07, 6.45) is 3.71. The molecule has 0 radical (unpaired) electrons. The van der Waals surface area contributed by atoms with E-state index in [1.54, 1.807) is 9.80 Å². The molecule has 4 aromatic carbocycles. The van der Waals surface area contributed by atoms with Gasteiger partial charge in [0.05, 0.1) is 37.5 Å². The van der Waals surface area contributed by atoms with E-state index in [9.17, 15) is 27.2 Å². The van der Waals surface area contributed by atoms with E-state index < -0.39 is 34.5 Å². The molecule has 14 heteroatoms. The van der Waals surface area contributed by atoms with Crippen molar-refractivity contribution >= 4 is 18.3 Å². The number of rotatable bonds is 14. The van der Waals surface area contributed by atoms with Crippen molar-refractivity contribution in [1.82, 2.24) is 9.80 Å². The molecule has 0 N–H and O–H groups in total. The van der Waals surface area contributed by atoms with Crippen LogP contribution in [0.1, 0.15) is 103 Å². The summed E-state index contributed by atoms with van der Waals surface area (Å²) < 4.78 is 78.6. The predicted octanol–water partition coefficient (Wildman–Crippen LogP) is 11.4. The van der Waals surface area contributed by atoms with E-state index in [-0.39, 0.29) is 48.5 Å². The zero-order chi connectivity index (χ0) is 48.4. The quantitative estimate of drug-likeness (QED) is 0.115. The monoisotopic (exact) mass is 920 g/mol. The fourth-order valence-corrected chi connectivity index (χ4v) is 8.27. The van der Waals surface area contributed by atoms with Crippen LogP contribution in [0.3, 0.4) is 0 Å². The first kappa shape index (κ1) is 53.1. The number of ether oxygens (including phenoxy) is 4. The van der Waals surface area contributed by atoms with Gasteiger partial charge in [0.15, 0.2) is 0 Å². The second-order valence-electron chi connectivity index (χ2n) is 18.7. The first-order valence-electron chi connectivity index (χ1n) is 22.4. The van der Waals surface area contributed by atoms with Gasteiger partial charge >= 0.3 is 18.3 Å². The Kier molecular flexibility index (Phi) is 20.4. The van der Waals surface area contributed by atoms with Gasteiger partial charge in [0.25, 0.3) is 0 Å². The van der Waals surface area contributed by atoms with Crippen LogP contribution in [0, 0.1) is 29.2 Å². The van der Waals surface area contributed by atoms with Gasteiger partial charge < -0.3 is 28.7 Å². The van der Waals surface area contributed by atoms with Crippen LogP contribution < -0.4 is 0 Å². The molecule has 2 aliphatic rings. The van der Waals surface area contributed by atoms with E-state index in [4.69, 9.17) is 28.5 Å². The Labute approximate surface area is 386 Å². The highest BCUT2D eigenvalue weighted by atomic mass is 19.1. The Morgan fingerprint density at radius 2 is 1.03 bits per heavy atom. The summed E-state index contributed by atoms with van der Waals surface area (Å²) in [7, 11) is 0. The maximum Gasteiger partial charge on any atom is 0.410 e. The van der Waals surface area contributed by atoms with Gasteiger partial charge in [-0.15, -0.1) is 0 Å². The zero-order valence-corrected chi connectivity index (χ0v) is 39.1. The third-order valence-electron chi connectivity index (χ3n) is 10.9. The number of amides is 2. The average molecular weight is 921 g/mol. The molecule has 2 fully saturated rings. The summed E-state index contributed by atoms with van der Waals surface area (Å²) in [6, 6.07) is 26.5. The van der Waals surface area contributed by atoms with Crippen molar-refractivity contribution in [2.24, 2.45) is 5.92 Å². The number of carbonyl (C=O) groups excluding carboxylic acids is 4. The highest BCUT2D eigenvalue weighted by molar-refractivity contribution is 5.69. The minimum atomic E-state index is -0.592. The smallest absolute Gasteiger partial charge is 0.410 e. The minimum Gasteiger partial charge on any atom is -0.444 e. The van der Waals surface area contributed by atoms with Crippen LogP contribution in [0.15, 0.2) is 97.1 Å². The van der Waals surface area contributed by atoms with Gasteiger partial charge in [0, 0.05) is 25.2 Å². The van der Waals surface area contributed by atoms with Crippen molar-refractivity contribution in [3.8, 4) is 0 Å². The molecule has 4 aromatic rings. The molecule has 0 bridgehead atoms. The molecule has 6 rings (SSSR count). The maximum atomic E-state index is 13.7. The lowest BCUT2D eigenvalue weighted by Gasteiger charge is -2.36. The molecule has 358 valence electrons. The number of nitrogens with zero attached hydrogens (tertiary/aromatic N) is 2. The van der Waals surface area contributed by atoms with Crippen molar-refractivity contribution in [2.75, 3.05) is 13.1 Å². The van der Waals surface area contributed by atoms with Crippen LogP contribution in [0.4, 0.5) is 27.2 Å². The molecule has 0 aliphatic carbocycles. The number of halogens is 4. The molecule has 10 nitrogen and oxygen atoms in total. The molecule has 0 spiro atoms. The number of aryl methyl sites for hydroxylation is 1. The molecule has 2 heterocycles. The number of benzene rings is 4. The molecule has 5 atom stereocenters. The lowest BCUT2D eigenvalue weighted by atomic mass is 9.90. The van der Waals surface area contributed by atoms with Crippen molar-refractivity contribution in [3.05, 3.63) is 143 Å². The van der Waals surface area contributed by atoms with Crippen molar-refractivity contribution in [3.63, 3.8) is 0 Å². The molecule has 0 saturated carbocycles. The Morgan fingerprint density at radius 1 is 0.621 bits per heavy atom. The van der Waals surface area contributed by atoms with Gasteiger partial charge in [-0.1, -0.05) is 67.6 Å². The van der Waals surface area contributed by atoms with Gasteiger partial charge in [-0.05, 0) is 139 Å². The molecule has 2 saturated heterocycles. The van der Waals surface area contributed by atoms with Gasteiger partial charge in [0.1, 0.15) is 34.5 Å². The Balaban J connectivity index is 0.000000272. The average Bonchev–Trinajstić information content (AvgIpc) is 3.92. The van der Waals surface area contributed by atoms with Crippen LogP contribution >= 0.6 is 0 Å². The van der Waals surface area contributed by atoms with Crippen molar-refractivity contribution in [2.45, 2.75) is 142 Å². The molecule has 2 aliphatic heterocycles. The second kappa shape index (κ2) is 25.4. The lowest BCUT2D eigenvalue weighted by molar-refractivity contribution is -0.191. The topological polar surface area (TPSA) is 112 Å². The number of hydrogen-bond acceptors (Lipinski definition) is 8. The predicted molar refractivity (Wildman–Crippen MR) is 241 cm³/mol. The lowest BCUT2D eigenvalue weighted by Crippen LogP contribution is -2.48. The summed E-state index contributed by atoms with van der Waals surface area (Å²) in [5.41, 5.74) is 2.05. The Morgan fingerprint density at radius 3 is 1.48 bits per heavy atom. The van der Waals surface area contributed by atoms with Crippen molar-refractivity contribution in [1.29, 1.82) is 0 Å². The highest BCUT2D eigenvalue weighted by Gasteiger charge is 2.40. The summed E-state index contributed by atoms with van der Waals surface area (Å²) in [4.78, 5) is 45.4. The summed E-state index contributed by atoms with van der Waals surface area (Å²) in [5, 5.41) is 0. The maximum absolute atomic E-state index is 13.7. The Bertz CT molecular complexity index is 2120. The zero-order valence-electron chi connectivity index (χ0n) is 39.1. The summed E-state index contributed by atoms with van der Waals surface area (Å²) in [5.74, 6) is -2.44. The second-order valence-corrected chi connectivity index (χ2v) is 18.7. The van der Waals surface area contributed by atoms with E-state index in [0.717, 1.165) is 48.9 Å². The van der Waals surface area contributed by atoms with E-state index in [2.05, 4.69) is 0 Å². The fourth-order valence-electron chi connectivity index (χ4n) is 8.27. The minimum absolute atomic E-state index is 0.0760. The third kappa shape index (κ3) is 18.0. The van der Waals surface area contributed by atoms with Crippen LogP contribution in [0.25, 0.3) is 0 Å². The first-order valence-corrected chi connectivity index (χ1v) is 22.4. The summed E-state index contributed by atoms with van der Waals surface area (Å²) in [6.45, 7) is 15.1. The first-order chi connectivity index (χ1) is 31.2. The largest absolute Gasteiger partial charge is 0.444 e.